The van der Waals surface area contributed by atoms with Crippen LogP contribution in [0.15, 0.2) is 16.6 Å². The van der Waals surface area contributed by atoms with Crippen LogP contribution in [0, 0.1) is 0 Å². The minimum Gasteiger partial charge on any atom is -0.495 e. The molecule has 0 aromatic heterocycles. The number of benzene rings is 1. The molecular formula is C15H22BrNO3. The number of likely N-dealkylation sites (N-methyl/N-ethyl adjacent to an activating group) is 1. The Balaban J connectivity index is 2.36. The summed E-state index contributed by atoms with van der Waals surface area (Å²) in [6, 6.07) is 4.10. The van der Waals surface area contributed by atoms with Crippen LogP contribution >= 0.6 is 15.9 Å². The van der Waals surface area contributed by atoms with E-state index in [9.17, 15) is 0 Å². The molecule has 2 rings (SSSR count). The number of hydrogen-bond acceptors (Lipinski definition) is 4. The zero-order valence-corrected chi connectivity index (χ0v) is 14.0. The van der Waals surface area contributed by atoms with Gasteiger partial charge in [-0.25, -0.2) is 0 Å². The molecule has 1 heterocycles. The van der Waals surface area contributed by atoms with E-state index in [4.69, 9.17) is 14.2 Å². The molecule has 0 spiro atoms. The zero-order chi connectivity index (χ0) is 14.7. The lowest BCUT2D eigenvalue weighted by atomic mass is 9.98. The van der Waals surface area contributed by atoms with Crippen LogP contribution in [0.3, 0.4) is 0 Å². The highest BCUT2D eigenvalue weighted by atomic mass is 79.9. The third-order valence-electron chi connectivity index (χ3n) is 3.80. The average molecular weight is 344 g/mol. The Morgan fingerprint density at radius 3 is 2.55 bits per heavy atom. The van der Waals surface area contributed by atoms with Crippen molar-refractivity contribution in [2.24, 2.45) is 0 Å². The molecule has 0 bridgehead atoms. The van der Waals surface area contributed by atoms with Crippen LogP contribution in [0.25, 0.3) is 0 Å². The molecule has 0 amide bonds. The van der Waals surface area contributed by atoms with Crippen molar-refractivity contribution >= 4 is 15.9 Å². The van der Waals surface area contributed by atoms with Crippen LogP contribution in [-0.2, 0) is 4.74 Å². The first-order valence-electron chi connectivity index (χ1n) is 6.85. The van der Waals surface area contributed by atoms with E-state index in [1.165, 1.54) is 0 Å². The van der Waals surface area contributed by atoms with Gasteiger partial charge in [0.2, 0.25) is 0 Å². The smallest absolute Gasteiger partial charge is 0.141 e. The van der Waals surface area contributed by atoms with Crippen molar-refractivity contribution in [3.8, 4) is 11.5 Å². The monoisotopic (exact) mass is 343 g/mol. The molecule has 3 unspecified atom stereocenters. The summed E-state index contributed by atoms with van der Waals surface area (Å²) in [5.74, 6) is 1.56. The van der Waals surface area contributed by atoms with E-state index in [1.807, 2.05) is 19.2 Å². The molecule has 112 valence electrons. The summed E-state index contributed by atoms with van der Waals surface area (Å²) in [4.78, 5) is 0. The van der Waals surface area contributed by atoms with Gasteiger partial charge in [0.25, 0.3) is 0 Å². The SMILES string of the molecule is CNC(c1ccc(OC)c(Br)c1OC)C1CCC(C)O1. The third kappa shape index (κ3) is 2.95. The summed E-state index contributed by atoms with van der Waals surface area (Å²) < 4.78 is 17.7. The van der Waals surface area contributed by atoms with Crippen molar-refractivity contribution < 1.29 is 14.2 Å². The topological polar surface area (TPSA) is 39.7 Å². The van der Waals surface area contributed by atoms with Gasteiger partial charge in [-0.3, -0.25) is 0 Å². The lowest BCUT2D eigenvalue weighted by molar-refractivity contribution is 0.0327. The fraction of sp³-hybridized carbons (Fsp3) is 0.600. The van der Waals surface area contributed by atoms with Gasteiger partial charge in [0.1, 0.15) is 16.0 Å². The molecular weight excluding hydrogens is 322 g/mol. The minimum atomic E-state index is 0.108. The van der Waals surface area contributed by atoms with Gasteiger partial charge >= 0.3 is 0 Å². The predicted molar refractivity (Wildman–Crippen MR) is 82.6 cm³/mol. The van der Waals surface area contributed by atoms with Crippen molar-refractivity contribution in [1.29, 1.82) is 0 Å². The van der Waals surface area contributed by atoms with E-state index in [0.29, 0.717) is 6.10 Å². The fourth-order valence-electron chi connectivity index (χ4n) is 2.78. The summed E-state index contributed by atoms with van der Waals surface area (Å²) in [6.45, 7) is 2.12. The highest BCUT2D eigenvalue weighted by Crippen LogP contribution is 2.42. The third-order valence-corrected chi connectivity index (χ3v) is 4.55. The van der Waals surface area contributed by atoms with Gasteiger partial charge in [-0.15, -0.1) is 0 Å². The molecule has 1 aromatic rings. The second kappa shape index (κ2) is 6.78. The number of ether oxygens (including phenoxy) is 3. The van der Waals surface area contributed by atoms with Crippen LogP contribution in [0.4, 0.5) is 0 Å². The highest BCUT2D eigenvalue weighted by Gasteiger charge is 2.32. The molecule has 1 N–H and O–H groups in total. The van der Waals surface area contributed by atoms with Gasteiger partial charge in [-0.2, -0.15) is 0 Å². The second-order valence-corrected chi connectivity index (χ2v) is 5.83. The Morgan fingerprint density at radius 2 is 2.05 bits per heavy atom. The van der Waals surface area contributed by atoms with Gasteiger partial charge in [-0.1, -0.05) is 0 Å². The highest BCUT2D eigenvalue weighted by molar-refractivity contribution is 9.10. The van der Waals surface area contributed by atoms with Crippen molar-refractivity contribution in [3.63, 3.8) is 0 Å². The quantitative estimate of drug-likeness (QED) is 0.890. The standard InChI is InChI=1S/C15H22BrNO3/c1-9-5-7-12(20-9)14(17-2)10-6-8-11(18-3)13(16)15(10)19-4/h6,8-9,12,14,17H,5,7H2,1-4H3. The number of rotatable bonds is 5. The molecule has 1 aliphatic heterocycles. The Labute approximate surface area is 128 Å². The normalized spacial score (nSPS) is 23.6. The minimum absolute atomic E-state index is 0.108. The first-order valence-corrected chi connectivity index (χ1v) is 7.64. The van der Waals surface area contributed by atoms with Crippen LogP contribution < -0.4 is 14.8 Å². The Hall–Kier alpha value is -0.780. The molecule has 1 aliphatic rings. The van der Waals surface area contributed by atoms with Crippen LogP contribution in [0.5, 0.6) is 11.5 Å². The van der Waals surface area contributed by atoms with Crippen LogP contribution in [0.2, 0.25) is 0 Å². The Kier molecular flexibility index (Phi) is 5.29. The zero-order valence-electron chi connectivity index (χ0n) is 12.4. The van der Waals surface area contributed by atoms with E-state index in [0.717, 1.165) is 34.4 Å². The van der Waals surface area contributed by atoms with Gasteiger partial charge in [0.15, 0.2) is 0 Å². The Morgan fingerprint density at radius 1 is 1.30 bits per heavy atom. The van der Waals surface area contributed by atoms with Crippen LogP contribution in [-0.4, -0.2) is 33.5 Å². The average Bonchev–Trinajstić information content (AvgIpc) is 2.86. The van der Waals surface area contributed by atoms with Gasteiger partial charge in [-0.05, 0) is 54.9 Å². The molecule has 1 aromatic carbocycles. The van der Waals surface area contributed by atoms with Crippen molar-refractivity contribution in [1.82, 2.24) is 5.32 Å². The molecule has 0 saturated carbocycles. The molecule has 20 heavy (non-hydrogen) atoms. The first-order chi connectivity index (χ1) is 9.62. The lowest BCUT2D eigenvalue weighted by Gasteiger charge is -2.26. The number of nitrogens with one attached hydrogen (secondary N) is 1. The predicted octanol–water partition coefficient (Wildman–Crippen LogP) is 3.29. The van der Waals surface area contributed by atoms with Gasteiger partial charge in [0, 0.05) is 5.56 Å². The largest absolute Gasteiger partial charge is 0.495 e. The maximum absolute atomic E-state index is 6.00. The van der Waals surface area contributed by atoms with Gasteiger partial charge < -0.3 is 19.5 Å². The van der Waals surface area contributed by atoms with Crippen LogP contribution in [0.1, 0.15) is 31.4 Å². The molecule has 5 heteroatoms. The van der Waals surface area contributed by atoms with Gasteiger partial charge in [0.05, 0.1) is 32.5 Å². The van der Waals surface area contributed by atoms with E-state index in [-0.39, 0.29) is 12.1 Å². The van der Waals surface area contributed by atoms with Crippen molar-refractivity contribution in [3.05, 3.63) is 22.2 Å². The molecule has 3 atom stereocenters. The molecule has 1 saturated heterocycles. The summed E-state index contributed by atoms with van der Waals surface area (Å²) in [5, 5.41) is 3.35. The maximum Gasteiger partial charge on any atom is 0.141 e. The molecule has 0 radical (unpaired) electrons. The lowest BCUT2D eigenvalue weighted by Crippen LogP contribution is -2.30. The van der Waals surface area contributed by atoms with E-state index in [1.54, 1.807) is 14.2 Å². The van der Waals surface area contributed by atoms with E-state index in [2.05, 4.69) is 28.2 Å². The number of methoxy groups -OCH3 is 2. The number of halogens is 1. The van der Waals surface area contributed by atoms with Crippen molar-refractivity contribution in [2.75, 3.05) is 21.3 Å². The molecule has 1 fully saturated rings. The van der Waals surface area contributed by atoms with E-state index >= 15 is 0 Å². The Bertz CT molecular complexity index is 467. The second-order valence-electron chi connectivity index (χ2n) is 5.03. The molecule has 0 aliphatic carbocycles. The van der Waals surface area contributed by atoms with E-state index < -0.39 is 0 Å². The summed E-state index contributed by atoms with van der Waals surface area (Å²) in [5.41, 5.74) is 1.08. The summed E-state index contributed by atoms with van der Waals surface area (Å²) in [6.07, 6.45) is 2.65. The molecule has 4 nitrogen and oxygen atoms in total. The fourth-order valence-corrected chi connectivity index (χ4v) is 3.47. The first kappa shape index (κ1) is 15.6. The maximum atomic E-state index is 6.00. The summed E-state index contributed by atoms with van der Waals surface area (Å²) in [7, 11) is 5.28. The van der Waals surface area contributed by atoms with Crippen molar-refractivity contribution in [2.45, 2.75) is 38.0 Å². The number of hydrogen-bond donors (Lipinski definition) is 1. The summed E-state index contributed by atoms with van der Waals surface area (Å²) >= 11 is 3.55.